The van der Waals surface area contributed by atoms with Crippen LogP contribution < -0.4 is 10.1 Å². The Kier molecular flexibility index (Phi) is 4.04. The smallest absolute Gasteiger partial charge is 0.213 e. The minimum Gasteiger partial charge on any atom is -0.472 e. The molecule has 108 valence electrons. The molecule has 1 N–H and O–H groups in total. The number of pyridine rings is 1. The fraction of sp³-hybridized carbons (Fsp3) is 0.600. The number of ether oxygens (including phenoxy) is 1. The standard InChI is InChI=1S/C15H22N4O/c1-16-15(18-12-5-4-6-12)19-10-8-13(11-19)20-14-7-2-3-9-17-14/h2-3,7,9,12-13H,4-6,8,10-11H2,1H3,(H,16,18). The maximum Gasteiger partial charge on any atom is 0.213 e. The van der Waals surface area contributed by atoms with E-state index in [1.54, 1.807) is 6.20 Å². The average molecular weight is 274 g/mol. The normalized spacial score (nSPS) is 23.6. The van der Waals surface area contributed by atoms with Gasteiger partial charge in [-0.1, -0.05) is 6.07 Å². The number of nitrogens with one attached hydrogen (secondary N) is 1. The van der Waals surface area contributed by atoms with Gasteiger partial charge in [-0.05, 0) is 25.3 Å². The maximum absolute atomic E-state index is 5.91. The van der Waals surface area contributed by atoms with Gasteiger partial charge in [0.25, 0.3) is 0 Å². The van der Waals surface area contributed by atoms with Crippen LogP contribution in [0.2, 0.25) is 0 Å². The number of guanidine groups is 1. The number of hydrogen-bond donors (Lipinski definition) is 1. The number of aliphatic imine (C=N–C) groups is 1. The predicted octanol–water partition coefficient (Wildman–Crippen LogP) is 1.66. The summed E-state index contributed by atoms with van der Waals surface area (Å²) < 4.78 is 5.91. The molecule has 1 atom stereocenters. The second-order valence-corrected chi connectivity index (χ2v) is 5.46. The minimum atomic E-state index is 0.199. The second kappa shape index (κ2) is 6.11. The van der Waals surface area contributed by atoms with Crippen LogP contribution in [0.15, 0.2) is 29.4 Å². The molecule has 5 nitrogen and oxygen atoms in total. The van der Waals surface area contributed by atoms with E-state index in [4.69, 9.17) is 4.74 Å². The molecule has 1 aliphatic carbocycles. The van der Waals surface area contributed by atoms with Crippen molar-refractivity contribution < 1.29 is 4.74 Å². The highest BCUT2D eigenvalue weighted by Crippen LogP contribution is 2.20. The van der Waals surface area contributed by atoms with Gasteiger partial charge >= 0.3 is 0 Å². The van der Waals surface area contributed by atoms with E-state index in [1.165, 1.54) is 19.3 Å². The highest BCUT2D eigenvalue weighted by atomic mass is 16.5. The SMILES string of the molecule is CN=C(NC1CCC1)N1CCC(Oc2ccccn2)C1. The molecule has 1 aromatic rings. The highest BCUT2D eigenvalue weighted by Gasteiger charge is 2.28. The molecule has 1 aromatic heterocycles. The number of likely N-dealkylation sites (tertiary alicyclic amines) is 1. The molecule has 1 unspecified atom stereocenters. The van der Waals surface area contributed by atoms with E-state index in [0.717, 1.165) is 25.5 Å². The van der Waals surface area contributed by atoms with Crippen LogP contribution in [-0.2, 0) is 0 Å². The van der Waals surface area contributed by atoms with E-state index in [-0.39, 0.29) is 6.10 Å². The van der Waals surface area contributed by atoms with Gasteiger partial charge in [0.05, 0.1) is 6.54 Å². The summed E-state index contributed by atoms with van der Waals surface area (Å²) in [6.45, 7) is 1.87. The number of rotatable bonds is 3. The lowest BCUT2D eigenvalue weighted by atomic mass is 9.93. The molecule has 0 radical (unpaired) electrons. The summed E-state index contributed by atoms with van der Waals surface area (Å²) in [6.07, 6.45) is 6.84. The van der Waals surface area contributed by atoms with Crippen LogP contribution in [0.3, 0.4) is 0 Å². The average Bonchev–Trinajstić information content (AvgIpc) is 2.87. The van der Waals surface area contributed by atoms with Crippen LogP contribution in [0.4, 0.5) is 0 Å². The van der Waals surface area contributed by atoms with Crippen molar-refractivity contribution in [2.24, 2.45) is 4.99 Å². The largest absolute Gasteiger partial charge is 0.472 e. The Balaban J connectivity index is 1.53. The lowest BCUT2D eigenvalue weighted by Crippen LogP contribution is -2.48. The molecule has 3 rings (SSSR count). The molecule has 20 heavy (non-hydrogen) atoms. The Hall–Kier alpha value is -1.78. The van der Waals surface area contributed by atoms with Gasteiger partial charge in [0.15, 0.2) is 5.96 Å². The third-order valence-corrected chi connectivity index (χ3v) is 4.02. The first-order valence-corrected chi connectivity index (χ1v) is 7.41. The van der Waals surface area contributed by atoms with E-state index in [0.29, 0.717) is 11.9 Å². The molecule has 0 amide bonds. The molecule has 1 saturated carbocycles. The second-order valence-electron chi connectivity index (χ2n) is 5.46. The molecule has 0 aromatic carbocycles. The van der Waals surface area contributed by atoms with Crippen molar-refractivity contribution in [3.05, 3.63) is 24.4 Å². The summed E-state index contributed by atoms with van der Waals surface area (Å²) in [5.41, 5.74) is 0. The van der Waals surface area contributed by atoms with Crippen molar-refractivity contribution in [3.63, 3.8) is 0 Å². The van der Waals surface area contributed by atoms with Crippen LogP contribution in [0.1, 0.15) is 25.7 Å². The Bertz CT molecular complexity index is 458. The monoisotopic (exact) mass is 274 g/mol. The van der Waals surface area contributed by atoms with Crippen molar-refractivity contribution in [2.75, 3.05) is 20.1 Å². The minimum absolute atomic E-state index is 0.199. The zero-order valence-corrected chi connectivity index (χ0v) is 12.0. The van der Waals surface area contributed by atoms with Crippen molar-refractivity contribution in [1.82, 2.24) is 15.2 Å². The highest BCUT2D eigenvalue weighted by molar-refractivity contribution is 5.80. The van der Waals surface area contributed by atoms with Crippen LogP contribution in [0, 0.1) is 0 Å². The third-order valence-electron chi connectivity index (χ3n) is 4.02. The van der Waals surface area contributed by atoms with Crippen LogP contribution in [0.25, 0.3) is 0 Å². The van der Waals surface area contributed by atoms with Gasteiger partial charge in [0, 0.05) is 38.3 Å². The van der Waals surface area contributed by atoms with Crippen molar-refractivity contribution in [1.29, 1.82) is 0 Å². The number of hydrogen-bond acceptors (Lipinski definition) is 3. The molecular formula is C15H22N4O. The lowest BCUT2D eigenvalue weighted by molar-refractivity contribution is 0.205. The predicted molar refractivity (Wildman–Crippen MR) is 79.0 cm³/mol. The van der Waals surface area contributed by atoms with Gasteiger partial charge in [-0.2, -0.15) is 0 Å². The zero-order chi connectivity index (χ0) is 13.8. The number of nitrogens with zero attached hydrogens (tertiary/aromatic N) is 3. The molecule has 1 saturated heterocycles. The molecular weight excluding hydrogens is 252 g/mol. The maximum atomic E-state index is 5.91. The van der Waals surface area contributed by atoms with Crippen molar-refractivity contribution in [2.45, 2.75) is 37.8 Å². The van der Waals surface area contributed by atoms with Gasteiger partial charge in [0.1, 0.15) is 6.10 Å². The molecule has 2 aliphatic rings. The van der Waals surface area contributed by atoms with Crippen LogP contribution in [0.5, 0.6) is 5.88 Å². The van der Waals surface area contributed by atoms with Crippen molar-refractivity contribution >= 4 is 5.96 Å². The van der Waals surface area contributed by atoms with Crippen LogP contribution in [-0.4, -0.2) is 48.1 Å². The first kappa shape index (κ1) is 13.2. The summed E-state index contributed by atoms with van der Waals surface area (Å²) in [5.74, 6) is 1.73. The summed E-state index contributed by atoms with van der Waals surface area (Å²) >= 11 is 0. The third kappa shape index (κ3) is 3.03. The lowest BCUT2D eigenvalue weighted by Gasteiger charge is -2.31. The Morgan fingerprint density at radius 1 is 1.40 bits per heavy atom. The van der Waals surface area contributed by atoms with Gasteiger partial charge in [0.2, 0.25) is 5.88 Å². The summed E-state index contributed by atoms with van der Waals surface area (Å²) in [4.78, 5) is 10.9. The molecule has 2 heterocycles. The Labute approximate surface area is 120 Å². The van der Waals surface area contributed by atoms with Crippen LogP contribution >= 0.6 is 0 Å². The van der Waals surface area contributed by atoms with E-state index in [1.807, 2.05) is 25.2 Å². The molecule has 0 bridgehead atoms. The molecule has 5 heteroatoms. The van der Waals surface area contributed by atoms with Gasteiger partial charge in [-0.3, -0.25) is 4.99 Å². The summed E-state index contributed by atoms with van der Waals surface area (Å²) in [7, 11) is 1.86. The van der Waals surface area contributed by atoms with Gasteiger partial charge in [-0.25, -0.2) is 4.98 Å². The molecule has 2 fully saturated rings. The quantitative estimate of drug-likeness (QED) is 0.673. The number of aromatic nitrogens is 1. The van der Waals surface area contributed by atoms with E-state index < -0.39 is 0 Å². The zero-order valence-electron chi connectivity index (χ0n) is 12.0. The summed E-state index contributed by atoms with van der Waals surface area (Å²) in [6, 6.07) is 6.37. The first-order chi connectivity index (χ1) is 9.85. The first-order valence-electron chi connectivity index (χ1n) is 7.41. The topological polar surface area (TPSA) is 49.8 Å². The Morgan fingerprint density at radius 3 is 2.95 bits per heavy atom. The molecule has 1 aliphatic heterocycles. The van der Waals surface area contributed by atoms with E-state index in [2.05, 4.69) is 20.2 Å². The summed E-state index contributed by atoms with van der Waals surface area (Å²) in [5, 5.41) is 3.53. The fourth-order valence-corrected chi connectivity index (χ4v) is 2.64. The van der Waals surface area contributed by atoms with Crippen molar-refractivity contribution in [3.8, 4) is 5.88 Å². The fourth-order valence-electron chi connectivity index (χ4n) is 2.64. The van der Waals surface area contributed by atoms with Gasteiger partial charge in [-0.15, -0.1) is 0 Å². The van der Waals surface area contributed by atoms with E-state index >= 15 is 0 Å². The van der Waals surface area contributed by atoms with Gasteiger partial charge < -0.3 is 15.0 Å². The molecule has 0 spiro atoms. The Morgan fingerprint density at radius 2 is 2.30 bits per heavy atom. The van der Waals surface area contributed by atoms with E-state index in [9.17, 15) is 0 Å².